The lowest BCUT2D eigenvalue weighted by Gasteiger charge is -1.99. The van der Waals surface area contributed by atoms with E-state index in [-0.39, 0.29) is 16.3 Å². The van der Waals surface area contributed by atoms with E-state index in [0.29, 0.717) is 17.0 Å². The molecular formula is C19H16Cl2N4O3. The zero-order valence-corrected chi connectivity index (χ0v) is 16.6. The minimum absolute atomic E-state index is 0.0208. The van der Waals surface area contributed by atoms with Crippen LogP contribution in [-0.4, -0.2) is 25.8 Å². The molecule has 7 nitrogen and oxygen atoms in total. The topological polar surface area (TPSA) is 86.8 Å². The van der Waals surface area contributed by atoms with Gasteiger partial charge in [0, 0.05) is 19.7 Å². The van der Waals surface area contributed by atoms with Gasteiger partial charge in [0.2, 0.25) is 0 Å². The predicted octanol–water partition coefficient (Wildman–Crippen LogP) is 2.85. The van der Waals surface area contributed by atoms with Crippen molar-refractivity contribution in [3.8, 4) is 0 Å². The van der Waals surface area contributed by atoms with Crippen LogP contribution in [0.2, 0.25) is 10.3 Å². The van der Waals surface area contributed by atoms with Crippen LogP contribution in [0.5, 0.6) is 0 Å². The molecule has 2 heterocycles. The summed E-state index contributed by atoms with van der Waals surface area (Å²) in [6.07, 6.45) is 4.06. The lowest BCUT2D eigenvalue weighted by Crippen LogP contribution is -2.22. The molecule has 3 aromatic rings. The van der Waals surface area contributed by atoms with Crippen LogP contribution < -0.4 is 11.1 Å². The minimum Gasteiger partial charge on any atom is -0.298 e. The quantitative estimate of drug-likeness (QED) is 0.610. The number of aldehydes is 1. The third-order valence-electron chi connectivity index (χ3n) is 3.50. The van der Waals surface area contributed by atoms with Crippen LogP contribution in [0.15, 0.2) is 52.1 Å². The lowest BCUT2D eigenvalue weighted by atomic mass is 10.2. The smallest absolute Gasteiger partial charge is 0.277 e. The minimum atomic E-state index is -0.440. The van der Waals surface area contributed by atoms with Gasteiger partial charge in [0.1, 0.15) is 5.15 Å². The molecule has 0 fully saturated rings. The van der Waals surface area contributed by atoms with E-state index in [1.807, 2.05) is 36.4 Å². The second kappa shape index (κ2) is 9.77. The highest BCUT2D eigenvalue weighted by atomic mass is 35.5. The molecule has 144 valence electrons. The molecular weight excluding hydrogens is 403 g/mol. The standard InChI is InChI=1S/C13H11ClN2O.C6H5ClN2O2/c1-16-13(17)11(9-12(14)15-16)8-7-10-5-3-2-4-6-10;1-9-6(11)4(3-10)2-5(7)8-9/h2-9H,1H3;2-3H,1H3/b8-7+;. The van der Waals surface area contributed by atoms with Crippen LogP contribution in [-0.2, 0) is 14.1 Å². The van der Waals surface area contributed by atoms with E-state index < -0.39 is 5.56 Å². The fourth-order valence-corrected chi connectivity index (χ4v) is 2.60. The van der Waals surface area contributed by atoms with Gasteiger partial charge in [0.25, 0.3) is 11.1 Å². The van der Waals surface area contributed by atoms with E-state index in [1.54, 1.807) is 19.2 Å². The number of aryl methyl sites for hydroxylation is 2. The summed E-state index contributed by atoms with van der Waals surface area (Å²) in [6.45, 7) is 0. The summed E-state index contributed by atoms with van der Waals surface area (Å²) in [4.78, 5) is 32.9. The van der Waals surface area contributed by atoms with Gasteiger partial charge in [-0.3, -0.25) is 14.4 Å². The maximum absolute atomic E-state index is 11.7. The molecule has 9 heteroatoms. The first kappa shape index (κ1) is 21.3. The fraction of sp³-hybridized carbons (Fsp3) is 0.105. The van der Waals surface area contributed by atoms with E-state index in [4.69, 9.17) is 23.2 Å². The molecule has 2 aromatic heterocycles. The van der Waals surface area contributed by atoms with Crippen LogP contribution in [0.4, 0.5) is 0 Å². The third kappa shape index (κ3) is 5.73. The van der Waals surface area contributed by atoms with Crippen molar-refractivity contribution >= 4 is 41.6 Å². The van der Waals surface area contributed by atoms with Crippen LogP contribution in [0, 0.1) is 0 Å². The van der Waals surface area contributed by atoms with Crippen molar-refractivity contribution in [3.05, 3.63) is 90.2 Å². The molecule has 0 aliphatic heterocycles. The van der Waals surface area contributed by atoms with E-state index >= 15 is 0 Å². The van der Waals surface area contributed by atoms with Crippen molar-refractivity contribution in [2.24, 2.45) is 14.1 Å². The maximum Gasteiger partial charge on any atom is 0.277 e. The van der Waals surface area contributed by atoms with E-state index in [0.717, 1.165) is 10.2 Å². The molecule has 3 rings (SSSR count). The molecule has 0 saturated heterocycles. The van der Waals surface area contributed by atoms with Gasteiger partial charge in [-0.2, -0.15) is 10.2 Å². The average molecular weight is 419 g/mol. The van der Waals surface area contributed by atoms with E-state index in [1.165, 1.54) is 17.8 Å². The van der Waals surface area contributed by atoms with Crippen molar-refractivity contribution in [1.82, 2.24) is 19.6 Å². The van der Waals surface area contributed by atoms with Gasteiger partial charge < -0.3 is 0 Å². The van der Waals surface area contributed by atoms with Crippen molar-refractivity contribution in [1.29, 1.82) is 0 Å². The summed E-state index contributed by atoms with van der Waals surface area (Å²) in [5.74, 6) is 0. The first-order valence-electron chi connectivity index (χ1n) is 7.98. The Morgan fingerprint density at radius 2 is 1.32 bits per heavy atom. The van der Waals surface area contributed by atoms with Gasteiger partial charge >= 0.3 is 0 Å². The van der Waals surface area contributed by atoms with Crippen molar-refractivity contribution in [2.45, 2.75) is 0 Å². The normalized spacial score (nSPS) is 10.4. The molecule has 0 spiro atoms. The summed E-state index contributed by atoms with van der Waals surface area (Å²) in [5, 5.41) is 7.86. The molecule has 0 aliphatic carbocycles. The van der Waals surface area contributed by atoms with Crippen molar-refractivity contribution in [3.63, 3.8) is 0 Å². The summed E-state index contributed by atoms with van der Waals surface area (Å²) in [5.41, 5.74) is 0.970. The molecule has 0 radical (unpaired) electrons. The Labute approximate surface area is 170 Å². The van der Waals surface area contributed by atoms with Gasteiger partial charge in [0.15, 0.2) is 11.4 Å². The Balaban J connectivity index is 0.000000221. The van der Waals surface area contributed by atoms with Gasteiger partial charge in [-0.15, -0.1) is 0 Å². The SMILES string of the molecule is Cn1nc(Cl)cc(/C=C/c2ccccc2)c1=O.Cn1nc(Cl)cc(C=O)c1=O. The predicted molar refractivity (Wildman–Crippen MR) is 110 cm³/mol. The lowest BCUT2D eigenvalue weighted by molar-refractivity contribution is 0.112. The Morgan fingerprint density at radius 3 is 1.86 bits per heavy atom. The second-order valence-electron chi connectivity index (χ2n) is 5.56. The highest BCUT2D eigenvalue weighted by Crippen LogP contribution is 2.08. The number of carbonyl (C=O) groups is 1. The van der Waals surface area contributed by atoms with Crippen LogP contribution in [0.25, 0.3) is 12.2 Å². The molecule has 0 aliphatic rings. The van der Waals surface area contributed by atoms with Gasteiger partial charge in [-0.05, 0) is 23.8 Å². The average Bonchev–Trinajstić information content (AvgIpc) is 2.67. The monoisotopic (exact) mass is 418 g/mol. The second-order valence-corrected chi connectivity index (χ2v) is 6.34. The molecule has 0 bridgehead atoms. The van der Waals surface area contributed by atoms with Gasteiger partial charge in [-0.25, -0.2) is 9.36 Å². The summed E-state index contributed by atoms with van der Waals surface area (Å²) in [6, 6.07) is 12.5. The Kier molecular flexibility index (Phi) is 7.43. The molecule has 0 atom stereocenters. The number of hydrogen-bond acceptors (Lipinski definition) is 5. The van der Waals surface area contributed by atoms with Crippen molar-refractivity contribution < 1.29 is 4.79 Å². The number of aromatic nitrogens is 4. The molecule has 28 heavy (non-hydrogen) atoms. The number of hydrogen-bond donors (Lipinski definition) is 0. The first-order chi connectivity index (χ1) is 13.3. The van der Waals surface area contributed by atoms with Crippen LogP contribution >= 0.6 is 23.2 Å². The first-order valence-corrected chi connectivity index (χ1v) is 8.73. The van der Waals surface area contributed by atoms with E-state index in [9.17, 15) is 14.4 Å². The highest BCUT2D eigenvalue weighted by Gasteiger charge is 2.02. The number of carbonyl (C=O) groups excluding carboxylic acids is 1. The molecule has 0 unspecified atom stereocenters. The summed E-state index contributed by atoms with van der Waals surface area (Å²) >= 11 is 11.3. The Hall–Kier alpha value is -3.03. The summed E-state index contributed by atoms with van der Waals surface area (Å²) < 4.78 is 2.25. The molecule has 0 saturated carbocycles. The Bertz CT molecular complexity index is 1120. The number of rotatable bonds is 3. The number of nitrogens with zero attached hydrogens (tertiary/aromatic N) is 4. The summed E-state index contributed by atoms with van der Waals surface area (Å²) in [7, 11) is 3.01. The number of halogens is 2. The number of benzene rings is 1. The fourth-order valence-electron chi connectivity index (χ4n) is 2.14. The van der Waals surface area contributed by atoms with Crippen LogP contribution in [0.3, 0.4) is 0 Å². The largest absolute Gasteiger partial charge is 0.298 e. The Morgan fingerprint density at radius 1 is 0.821 bits per heavy atom. The molecule has 0 N–H and O–H groups in total. The van der Waals surface area contributed by atoms with Crippen molar-refractivity contribution in [2.75, 3.05) is 0 Å². The van der Waals surface area contributed by atoms with Gasteiger partial charge in [-0.1, -0.05) is 59.6 Å². The van der Waals surface area contributed by atoms with Crippen LogP contribution in [0.1, 0.15) is 21.5 Å². The third-order valence-corrected chi connectivity index (χ3v) is 3.87. The molecule has 1 aromatic carbocycles. The van der Waals surface area contributed by atoms with E-state index in [2.05, 4.69) is 10.2 Å². The van der Waals surface area contributed by atoms with Gasteiger partial charge in [0.05, 0.1) is 5.56 Å². The zero-order chi connectivity index (χ0) is 20.7. The molecule has 0 amide bonds. The maximum atomic E-state index is 11.7. The zero-order valence-electron chi connectivity index (χ0n) is 15.0. The highest BCUT2D eigenvalue weighted by molar-refractivity contribution is 6.29.